The van der Waals surface area contributed by atoms with E-state index in [1.165, 1.54) is 6.33 Å². The molecular weight excluding hydrogens is 296 g/mol. The van der Waals surface area contributed by atoms with E-state index < -0.39 is 0 Å². The summed E-state index contributed by atoms with van der Waals surface area (Å²) < 4.78 is 8.45. The fraction of sp³-hybridized carbons (Fsp3) is 0.0833. The summed E-state index contributed by atoms with van der Waals surface area (Å²) in [6.07, 6.45) is 6.63. The van der Waals surface area contributed by atoms with Crippen LogP contribution in [0.2, 0.25) is 0 Å². The number of fused-ring (bicyclic) bond motifs is 1. The van der Waals surface area contributed by atoms with E-state index in [1.807, 2.05) is 25.4 Å². The number of nitrogens with zero attached hydrogens (tertiary/aromatic N) is 4. The smallest absolute Gasteiger partial charge is 0.164 e. The Bertz CT molecular complexity index is 696. The molecule has 3 rings (SSSR count). The lowest BCUT2D eigenvalue weighted by molar-refractivity contribution is 0.481. The van der Waals surface area contributed by atoms with E-state index in [0.29, 0.717) is 11.5 Å². The standard InChI is InChI=1S/C12H9BrN4O/c1-17-6-8-2-9(13)3-11(12(8)16-17)18-10-4-14-7-15-5-10/h2-7H,1H3. The highest BCUT2D eigenvalue weighted by Gasteiger charge is 2.09. The number of benzene rings is 1. The lowest BCUT2D eigenvalue weighted by Gasteiger charge is -2.05. The minimum absolute atomic E-state index is 0.586. The molecule has 2 aromatic heterocycles. The van der Waals surface area contributed by atoms with Crippen LogP contribution < -0.4 is 4.74 Å². The highest BCUT2D eigenvalue weighted by atomic mass is 79.9. The SMILES string of the molecule is Cn1cc2cc(Br)cc(Oc3cncnc3)c2n1. The molecule has 6 heteroatoms. The second-order valence-electron chi connectivity index (χ2n) is 3.82. The summed E-state index contributed by atoms with van der Waals surface area (Å²) in [5.74, 6) is 1.26. The Hall–Kier alpha value is -1.95. The summed E-state index contributed by atoms with van der Waals surface area (Å²) in [6.45, 7) is 0. The van der Waals surface area contributed by atoms with E-state index in [2.05, 4.69) is 31.0 Å². The van der Waals surface area contributed by atoms with Gasteiger partial charge in [0.1, 0.15) is 11.8 Å². The Labute approximate surface area is 112 Å². The van der Waals surface area contributed by atoms with Gasteiger partial charge in [-0.25, -0.2) is 9.97 Å². The van der Waals surface area contributed by atoms with Crippen molar-refractivity contribution in [2.24, 2.45) is 7.05 Å². The molecule has 0 unspecified atom stereocenters. The molecule has 90 valence electrons. The average molecular weight is 305 g/mol. The fourth-order valence-corrected chi connectivity index (χ4v) is 2.19. The molecular formula is C12H9BrN4O. The van der Waals surface area contributed by atoms with Gasteiger partial charge in [0.2, 0.25) is 0 Å². The Kier molecular flexibility index (Phi) is 2.71. The lowest BCUT2D eigenvalue weighted by Crippen LogP contribution is -1.89. The van der Waals surface area contributed by atoms with Crippen molar-refractivity contribution in [2.45, 2.75) is 0 Å². The molecule has 0 atom stereocenters. The van der Waals surface area contributed by atoms with Gasteiger partial charge in [-0.3, -0.25) is 4.68 Å². The molecule has 0 spiro atoms. The summed E-state index contributed by atoms with van der Waals surface area (Å²) in [4.78, 5) is 7.83. The highest BCUT2D eigenvalue weighted by Crippen LogP contribution is 2.31. The minimum Gasteiger partial charge on any atom is -0.452 e. The maximum absolute atomic E-state index is 5.75. The molecule has 2 heterocycles. The predicted octanol–water partition coefficient (Wildman–Crippen LogP) is 2.92. The van der Waals surface area contributed by atoms with E-state index in [9.17, 15) is 0 Å². The highest BCUT2D eigenvalue weighted by molar-refractivity contribution is 9.10. The van der Waals surface area contributed by atoms with Crippen LogP contribution in [0.1, 0.15) is 0 Å². The number of rotatable bonds is 2. The van der Waals surface area contributed by atoms with E-state index in [1.54, 1.807) is 17.1 Å². The van der Waals surface area contributed by atoms with Gasteiger partial charge in [-0.05, 0) is 12.1 Å². The molecule has 5 nitrogen and oxygen atoms in total. The van der Waals surface area contributed by atoms with Crippen LogP contribution in [0, 0.1) is 0 Å². The summed E-state index contributed by atoms with van der Waals surface area (Å²) >= 11 is 3.46. The molecule has 18 heavy (non-hydrogen) atoms. The van der Waals surface area contributed by atoms with Crippen LogP contribution in [0.25, 0.3) is 10.9 Å². The van der Waals surface area contributed by atoms with Crippen LogP contribution in [0.4, 0.5) is 0 Å². The number of aryl methyl sites for hydroxylation is 1. The van der Waals surface area contributed by atoms with Gasteiger partial charge in [-0.1, -0.05) is 15.9 Å². The second kappa shape index (κ2) is 4.38. The molecule has 0 fully saturated rings. The zero-order valence-corrected chi connectivity index (χ0v) is 11.1. The van der Waals surface area contributed by atoms with Gasteiger partial charge in [0.05, 0.1) is 12.4 Å². The number of hydrogen-bond acceptors (Lipinski definition) is 4. The molecule has 0 radical (unpaired) electrons. The van der Waals surface area contributed by atoms with Crippen LogP contribution in [0.3, 0.4) is 0 Å². The summed E-state index contributed by atoms with van der Waals surface area (Å²) in [6, 6.07) is 3.87. The van der Waals surface area contributed by atoms with Crippen molar-refractivity contribution in [1.82, 2.24) is 19.7 Å². The van der Waals surface area contributed by atoms with Crippen molar-refractivity contribution < 1.29 is 4.74 Å². The summed E-state index contributed by atoms with van der Waals surface area (Å²) in [7, 11) is 1.88. The average Bonchev–Trinajstić information content (AvgIpc) is 2.71. The molecule has 0 amide bonds. The quantitative estimate of drug-likeness (QED) is 0.730. The van der Waals surface area contributed by atoms with E-state index in [0.717, 1.165) is 15.4 Å². The first kappa shape index (κ1) is 11.2. The molecule has 1 aromatic carbocycles. The largest absolute Gasteiger partial charge is 0.452 e. The van der Waals surface area contributed by atoms with Crippen molar-refractivity contribution in [3.63, 3.8) is 0 Å². The van der Waals surface area contributed by atoms with Gasteiger partial charge in [0.15, 0.2) is 11.5 Å². The van der Waals surface area contributed by atoms with Gasteiger partial charge < -0.3 is 4.74 Å². The first-order chi connectivity index (χ1) is 8.72. The molecule has 0 aliphatic carbocycles. The predicted molar refractivity (Wildman–Crippen MR) is 70.5 cm³/mol. The molecule has 3 aromatic rings. The molecule has 0 N–H and O–H groups in total. The zero-order chi connectivity index (χ0) is 12.5. The monoisotopic (exact) mass is 304 g/mol. The van der Waals surface area contributed by atoms with Gasteiger partial charge in [-0.2, -0.15) is 5.10 Å². The fourth-order valence-electron chi connectivity index (χ4n) is 1.73. The van der Waals surface area contributed by atoms with Crippen LogP contribution >= 0.6 is 15.9 Å². The first-order valence-corrected chi connectivity index (χ1v) is 6.07. The van der Waals surface area contributed by atoms with Gasteiger partial charge in [-0.15, -0.1) is 0 Å². The Morgan fingerprint density at radius 3 is 2.78 bits per heavy atom. The van der Waals surface area contributed by atoms with Gasteiger partial charge in [0, 0.05) is 23.1 Å². The molecule has 0 saturated carbocycles. The van der Waals surface area contributed by atoms with Crippen LogP contribution in [0.5, 0.6) is 11.5 Å². The second-order valence-corrected chi connectivity index (χ2v) is 4.74. The Morgan fingerprint density at radius 1 is 1.22 bits per heavy atom. The summed E-state index contributed by atoms with van der Waals surface area (Å²) in [5, 5.41) is 5.39. The zero-order valence-electron chi connectivity index (χ0n) is 9.54. The third kappa shape index (κ3) is 2.06. The van der Waals surface area contributed by atoms with Crippen molar-refractivity contribution >= 4 is 26.8 Å². The Balaban J connectivity index is 2.10. The van der Waals surface area contributed by atoms with Crippen molar-refractivity contribution in [1.29, 1.82) is 0 Å². The van der Waals surface area contributed by atoms with Crippen molar-refractivity contribution in [3.8, 4) is 11.5 Å². The van der Waals surface area contributed by atoms with Gasteiger partial charge >= 0.3 is 0 Å². The Morgan fingerprint density at radius 2 is 2.00 bits per heavy atom. The van der Waals surface area contributed by atoms with Crippen molar-refractivity contribution in [3.05, 3.63) is 41.5 Å². The van der Waals surface area contributed by atoms with Crippen LogP contribution in [-0.2, 0) is 7.05 Å². The summed E-state index contributed by atoms with van der Waals surface area (Å²) in [5.41, 5.74) is 0.810. The number of halogens is 1. The molecule has 0 aliphatic rings. The lowest BCUT2D eigenvalue weighted by atomic mass is 10.2. The number of aromatic nitrogens is 4. The maximum atomic E-state index is 5.75. The van der Waals surface area contributed by atoms with E-state index in [-0.39, 0.29) is 0 Å². The first-order valence-electron chi connectivity index (χ1n) is 5.28. The van der Waals surface area contributed by atoms with Crippen LogP contribution in [-0.4, -0.2) is 19.7 Å². The van der Waals surface area contributed by atoms with Gasteiger partial charge in [0.25, 0.3) is 0 Å². The number of ether oxygens (including phenoxy) is 1. The van der Waals surface area contributed by atoms with E-state index >= 15 is 0 Å². The van der Waals surface area contributed by atoms with E-state index in [4.69, 9.17) is 4.74 Å². The number of hydrogen-bond donors (Lipinski definition) is 0. The van der Waals surface area contributed by atoms with Crippen LogP contribution in [0.15, 0.2) is 41.5 Å². The molecule has 0 aliphatic heterocycles. The third-order valence-corrected chi connectivity index (χ3v) is 2.88. The minimum atomic E-state index is 0.586. The molecule has 0 saturated heterocycles. The normalized spacial score (nSPS) is 10.8. The third-order valence-electron chi connectivity index (χ3n) is 2.42. The molecule has 0 bridgehead atoms. The maximum Gasteiger partial charge on any atom is 0.164 e. The topological polar surface area (TPSA) is 52.8 Å². The van der Waals surface area contributed by atoms with Crippen molar-refractivity contribution in [2.75, 3.05) is 0 Å².